The lowest BCUT2D eigenvalue weighted by Gasteiger charge is -2.39. The van der Waals surface area contributed by atoms with Crippen molar-refractivity contribution < 1.29 is 29.7 Å². The molecule has 1 aliphatic heterocycles. The number of phenols is 1. The topological polar surface area (TPSA) is 175 Å². The molecule has 4 aromatic carbocycles. The number of urea groups is 1. The number of aromatic nitrogens is 1. The predicted molar refractivity (Wildman–Crippen MR) is 200 cm³/mol. The first kappa shape index (κ1) is 36.8. The average molecular weight is 718 g/mol. The zero-order chi connectivity index (χ0) is 37.5. The van der Waals surface area contributed by atoms with Gasteiger partial charge in [-0.2, -0.15) is 0 Å². The summed E-state index contributed by atoms with van der Waals surface area (Å²) in [6, 6.07) is 30.0. The smallest absolute Gasteiger partial charge is 0.317 e. The summed E-state index contributed by atoms with van der Waals surface area (Å²) in [5.41, 5.74) is 3.54. The molecule has 0 radical (unpaired) electrons. The van der Waals surface area contributed by atoms with Gasteiger partial charge in [-0.3, -0.25) is 14.4 Å². The maximum absolute atomic E-state index is 13.4. The molecular formula is C41H43N5O7. The van der Waals surface area contributed by atoms with Gasteiger partial charge in [-0.1, -0.05) is 72.8 Å². The summed E-state index contributed by atoms with van der Waals surface area (Å²) >= 11 is 0. The Morgan fingerprint density at radius 3 is 2.09 bits per heavy atom. The number of fused-ring (bicyclic) bond motifs is 1. The van der Waals surface area contributed by atoms with E-state index in [-0.39, 0.29) is 35.3 Å². The number of nitrogens with zero attached hydrogens (tertiary/aromatic N) is 2. The number of rotatable bonds is 12. The van der Waals surface area contributed by atoms with Crippen LogP contribution < -0.4 is 16.2 Å². The third kappa shape index (κ3) is 8.24. The maximum atomic E-state index is 13.4. The molecule has 53 heavy (non-hydrogen) atoms. The lowest BCUT2D eigenvalue weighted by Crippen LogP contribution is -2.49. The van der Waals surface area contributed by atoms with Crippen molar-refractivity contribution in [2.45, 2.75) is 44.0 Å². The third-order valence-corrected chi connectivity index (χ3v) is 10.0. The van der Waals surface area contributed by atoms with Gasteiger partial charge in [-0.15, -0.1) is 0 Å². The molecular weight excluding hydrogens is 674 g/mol. The first-order chi connectivity index (χ1) is 25.6. The molecule has 274 valence electrons. The molecule has 6 rings (SSSR count). The molecule has 3 amide bonds. The highest BCUT2D eigenvalue weighted by Gasteiger charge is 2.44. The average Bonchev–Trinajstić information content (AvgIpc) is 3.18. The van der Waals surface area contributed by atoms with Crippen LogP contribution in [0, 0.1) is 0 Å². The molecule has 0 saturated carbocycles. The molecule has 0 aliphatic carbocycles. The molecule has 12 heteroatoms. The van der Waals surface area contributed by atoms with Gasteiger partial charge >= 0.3 is 12.0 Å². The molecule has 1 aliphatic rings. The van der Waals surface area contributed by atoms with Gasteiger partial charge < -0.3 is 40.7 Å². The lowest BCUT2D eigenvalue weighted by molar-refractivity contribution is -0.145. The minimum atomic E-state index is -1.01. The lowest BCUT2D eigenvalue weighted by atomic mass is 9.73. The molecule has 0 bridgehead atoms. The van der Waals surface area contributed by atoms with Gasteiger partial charge in [0.2, 0.25) is 5.56 Å². The Bertz CT molecular complexity index is 2130. The van der Waals surface area contributed by atoms with Crippen molar-refractivity contribution in [2.75, 3.05) is 26.7 Å². The number of hydrogen-bond donors (Lipinski definition) is 6. The quantitative estimate of drug-likeness (QED) is 0.108. The number of nitrogens with one attached hydrogen (secondary N) is 3. The number of pyridine rings is 1. The van der Waals surface area contributed by atoms with Gasteiger partial charge in [0, 0.05) is 63.3 Å². The van der Waals surface area contributed by atoms with E-state index < -0.39 is 17.5 Å². The monoisotopic (exact) mass is 717 g/mol. The van der Waals surface area contributed by atoms with E-state index in [1.807, 2.05) is 66.7 Å². The number of amides is 3. The van der Waals surface area contributed by atoms with Crippen LogP contribution in [-0.4, -0.2) is 74.7 Å². The van der Waals surface area contributed by atoms with E-state index in [0.29, 0.717) is 62.1 Å². The number of aromatic amines is 1. The number of hydrogen-bond acceptors (Lipinski definition) is 7. The number of benzene rings is 4. The van der Waals surface area contributed by atoms with Crippen LogP contribution in [0.1, 0.15) is 57.1 Å². The van der Waals surface area contributed by atoms with Crippen LogP contribution in [0.4, 0.5) is 4.79 Å². The molecule has 1 fully saturated rings. The van der Waals surface area contributed by atoms with Gasteiger partial charge in [-0.25, -0.2) is 4.79 Å². The zero-order valence-electron chi connectivity index (χ0n) is 29.4. The van der Waals surface area contributed by atoms with Gasteiger partial charge in [0.15, 0.2) is 0 Å². The Morgan fingerprint density at radius 2 is 1.47 bits per heavy atom. The van der Waals surface area contributed by atoms with E-state index in [1.54, 1.807) is 41.1 Å². The standard InChI is InChI=1S/C41H43N5O7/c1-42-40(53)46(25-28-9-7-27(8-10-28)23-43-24-35(48)32-15-17-34(47)37-33(32)16-18-36(49)44-37)26-29-11-13-30(14-12-29)38(50)45-21-19-41(20-22-45,39(51)52)31-5-3-2-4-6-31/h2-18,35,43,47-48H,19-26H2,1H3,(H,42,53)(H,44,49)(H,51,52). The van der Waals surface area contributed by atoms with Crippen LogP contribution in [0.3, 0.4) is 0 Å². The predicted octanol–water partition coefficient (Wildman–Crippen LogP) is 4.66. The number of likely N-dealkylation sites (tertiary alicyclic amines) is 1. The second-order valence-corrected chi connectivity index (χ2v) is 13.4. The van der Waals surface area contributed by atoms with Crippen LogP contribution in [-0.2, 0) is 29.8 Å². The number of aliphatic hydroxyl groups is 1. The number of aromatic hydroxyl groups is 1. The molecule has 1 unspecified atom stereocenters. The van der Waals surface area contributed by atoms with Gasteiger partial charge in [0.25, 0.3) is 5.91 Å². The normalized spacial score (nSPS) is 14.4. The summed E-state index contributed by atoms with van der Waals surface area (Å²) in [6.45, 7) is 2.07. The fourth-order valence-electron chi connectivity index (χ4n) is 6.98. The van der Waals surface area contributed by atoms with Crippen molar-refractivity contribution in [3.63, 3.8) is 0 Å². The zero-order valence-corrected chi connectivity index (χ0v) is 29.4. The largest absolute Gasteiger partial charge is 0.506 e. The second kappa shape index (κ2) is 16.1. The summed E-state index contributed by atoms with van der Waals surface area (Å²) < 4.78 is 0. The van der Waals surface area contributed by atoms with E-state index in [2.05, 4.69) is 15.6 Å². The van der Waals surface area contributed by atoms with Crippen molar-refractivity contribution in [2.24, 2.45) is 0 Å². The minimum absolute atomic E-state index is 0.0631. The van der Waals surface area contributed by atoms with Gasteiger partial charge in [0.05, 0.1) is 17.0 Å². The highest BCUT2D eigenvalue weighted by Crippen LogP contribution is 2.36. The Labute approximate surface area is 306 Å². The molecule has 6 N–H and O–H groups in total. The van der Waals surface area contributed by atoms with Crippen LogP contribution >= 0.6 is 0 Å². The molecule has 5 aromatic rings. The fraction of sp³-hybridized carbons (Fsp3) is 0.268. The van der Waals surface area contributed by atoms with Crippen molar-refractivity contribution in [3.8, 4) is 5.75 Å². The summed E-state index contributed by atoms with van der Waals surface area (Å²) in [7, 11) is 1.58. The SMILES string of the molecule is CNC(=O)N(Cc1ccc(CNCC(O)c2ccc(O)c3[nH]c(=O)ccc23)cc1)Cc1ccc(C(=O)N2CCC(C(=O)O)(c3ccccc3)CC2)cc1. The van der Waals surface area contributed by atoms with Gasteiger partial charge in [0.1, 0.15) is 5.75 Å². The number of carboxylic acids is 1. The molecule has 2 heterocycles. The summed E-state index contributed by atoms with van der Waals surface area (Å²) in [5, 5.41) is 37.6. The maximum Gasteiger partial charge on any atom is 0.317 e. The number of carboxylic acid groups (broad SMARTS) is 1. The van der Waals surface area contributed by atoms with E-state index in [1.165, 1.54) is 12.1 Å². The van der Waals surface area contributed by atoms with E-state index >= 15 is 0 Å². The van der Waals surface area contributed by atoms with Crippen molar-refractivity contribution in [1.29, 1.82) is 0 Å². The number of piperidine rings is 1. The van der Waals surface area contributed by atoms with Crippen molar-refractivity contribution >= 4 is 28.8 Å². The molecule has 1 aromatic heterocycles. The highest BCUT2D eigenvalue weighted by atomic mass is 16.4. The van der Waals surface area contributed by atoms with Crippen molar-refractivity contribution in [1.82, 2.24) is 25.4 Å². The Balaban J connectivity index is 1.02. The summed E-state index contributed by atoms with van der Waals surface area (Å²) in [5.74, 6) is -1.09. The molecule has 12 nitrogen and oxygen atoms in total. The van der Waals surface area contributed by atoms with Gasteiger partial charge in [-0.05, 0) is 64.9 Å². The molecule has 0 spiro atoms. The third-order valence-electron chi connectivity index (χ3n) is 10.0. The fourth-order valence-corrected chi connectivity index (χ4v) is 6.98. The van der Waals surface area contributed by atoms with E-state index in [0.717, 1.165) is 22.3 Å². The minimum Gasteiger partial charge on any atom is -0.506 e. The van der Waals surface area contributed by atoms with Crippen LogP contribution in [0.15, 0.2) is 108 Å². The summed E-state index contributed by atoms with van der Waals surface area (Å²) in [4.78, 5) is 56.3. The van der Waals surface area contributed by atoms with E-state index in [9.17, 15) is 34.5 Å². The number of carbonyl (C=O) groups excluding carboxylic acids is 2. The first-order valence-electron chi connectivity index (χ1n) is 17.5. The number of H-pyrrole nitrogens is 1. The van der Waals surface area contributed by atoms with Crippen molar-refractivity contribution in [3.05, 3.63) is 147 Å². The Kier molecular flexibility index (Phi) is 11.2. The second-order valence-electron chi connectivity index (χ2n) is 13.4. The number of aliphatic hydroxyl groups excluding tert-OH is 1. The van der Waals surface area contributed by atoms with Crippen LogP contribution in [0.5, 0.6) is 5.75 Å². The molecule has 1 saturated heterocycles. The summed E-state index contributed by atoms with van der Waals surface area (Å²) in [6.07, 6.45) is -0.205. The molecule has 1 atom stereocenters. The number of phenolic OH excluding ortho intramolecular Hbond substituents is 1. The Morgan fingerprint density at radius 1 is 0.849 bits per heavy atom. The number of carbonyl (C=O) groups is 3. The first-order valence-corrected chi connectivity index (χ1v) is 17.5. The van der Waals surface area contributed by atoms with Crippen LogP contribution in [0.25, 0.3) is 10.9 Å². The number of aliphatic carboxylic acids is 1. The Hall–Kier alpha value is -5.98. The van der Waals surface area contributed by atoms with Crippen LogP contribution in [0.2, 0.25) is 0 Å². The highest BCUT2D eigenvalue weighted by molar-refractivity contribution is 5.94. The van der Waals surface area contributed by atoms with E-state index in [4.69, 9.17) is 0 Å².